The van der Waals surface area contributed by atoms with Crippen molar-refractivity contribution in [1.29, 1.82) is 0 Å². The van der Waals surface area contributed by atoms with Gasteiger partial charge in [0.05, 0.1) is 24.2 Å². The van der Waals surface area contributed by atoms with Crippen molar-refractivity contribution >= 4 is 5.97 Å². The van der Waals surface area contributed by atoms with E-state index in [9.17, 15) is 15.0 Å². The van der Waals surface area contributed by atoms with Gasteiger partial charge in [-0.3, -0.25) is 0 Å². The maximum atomic E-state index is 11.7. The maximum Gasteiger partial charge on any atom is 0.338 e. The summed E-state index contributed by atoms with van der Waals surface area (Å²) in [5.74, 6) is -0.440. The lowest BCUT2D eigenvalue weighted by atomic mass is 9.88. The highest BCUT2D eigenvalue weighted by Gasteiger charge is 2.28. The standard InChI is InChI=1S/C13H18O4/c1-2-13(8-14,9-15)10-17-12(16)11-6-4-3-5-7-11/h3-7,14-15H,2,8-10H2,1H3. The van der Waals surface area contributed by atoms with Crippen molar-refractivity contribution in [1.82, 2.24) is 0 Å². The summed E-state index contributed by atoms with van der Waals surface area (Å²) in [5.41, 5.74) is -0.279. The van der Waals surface area contributed by atoms with E-state index >= 15 is 0 Å². The van der Waals surface area contributed by atoms with Crippen molar-refractivity contribution in [3.8, 4) is 0 Å². The van der Waals surface area contributed by atoms with Crippen LogP contribution in [0.5, 0.6) is 0 Å². The minimum absolute atomic E-state index is 0.0181. The van der Waals surface area contributed by atoms with Crippen molar-refractivity contribution in [2.24, 2.45) is 5.41 Å². The van der Waals surface area contributed by atoms with Gasteiger partial charge in [-0.2, -0.15) is 0 Å². The highest BCUT2D eigenvalue weighted by molar-refractivity contribution is 5.89. The van der Waals surface area contributed by atoms with E-state index in [4.69, 9.17) is 4.74 Å². The lowest BCUT2D eigenvalue weighted by molar-refractivity contribution is -0.0176. The third-order valence-electron chi connectivity index (χ3n) is 2.94. The Labute approximate surface area is 101 Å². The van der Waals surface area contributed by atoms with Crippen molar-refractivity contribution in [3.63, 3.8) is 0 Å². The highest BCUT2D eigenvalue weighted by Crippen LogP contribution is 2.21. The molecule has 0 saturated carbocycles. The molecule has 0 aliphatic heterocycles. The van der Waals surface area contributed by atoms with Gasteiger partial charge in [-0.1, -0.05) is 25.1 Å². The first-order chi connectivity index (χ1) is 8.17. The monoisotopic (exact) mass is 238 g/mol. The number of aliphatic hydroxyl groups is 2. The zero-order valence-corrected chi connectivity index (χ0v) is 9.93. The summed E-state index contributed by atoms with van der Waals surface area (Å²) in [4.78, 5) is 11.7. The van der Waals surface area contributed by atoms with E-state index < -0.39 is 11.4 Å². The van der Waals surface area contributed by atoms with Gasteiger partial charge in [-0.25, -0.2) is 4.79 Å². The zero-order valence-electron chi connectivity index (χ0n) is 9.93. The van der Waals surface area contributed by atoms with Gasteiger partial charge in [-0.15, -0.1) is 0 Å². The lowest BCUT2D eigenvalue weighted by Gasteiger charge is -2.27. The van der Waals surface area contributed by atoms with Gasteiger partial charge >= 0.3 is 5.97 Å². The molecule has 0 aromatic heterocycles. The first kappa shape index (κ1) is 13.7. The number of rotatable bonds is 6. The molecule has 4 nitrogen and oxygen atoms in total. The van der Waals surface area contributed by atoms with E-state index in [1.54, 1.807) is 24.3 Å². The Kier molecular flexibility index (Phi) is 5.12. The quantitative estimate of drug-likeness (QED) is 0.731. The molecular weight excluding hydrogens is 220 g/mol. The Morgan fingerprint density at radius 3 is 2.29 bits per heavy atom. The SMILES string of the molecule is CCC(CO)(CO)COC(=O)c1ccccc1. The number of carbonyl (C=O) groups is 1. The van der Waals surface area contributed by atoms with Gasteiger partial charge in [-0.05, 0) is 18.6 Å². The second-order valence-electron chi connectivity index (χ2n) is 4.11. The van der Waals surface area contributed by atoms with E-state index in [1.165, 1.54) is 0 Å². The smallest absolute Gasteiger partial charge is 0.338 e. The Morgan fingerprint density at radius 1 is 1.24 bits per heavy atom. The fourth-order valence-electron chi connectivity index (χ4n) is 1.34. The molecule has 0 saturated heterocycles. The van der Waals surface area contributed by atoms with Crippen LogP contribution in [0, 0.1) is 5.41 Å². The Balaban J connectivity index is 2.59. The predicted molar refractivity (Wildman–Crippen MR) is 63.6 cm³/mol. The Hall–Kier alpha value is -1.39. The molecule has 17 heavy (non-hydrogen) atoms. The van der Waals surface area contributed by atoms with Gasteiger partial charge in [0.1, 0.15) is 6.61 Å². The van der Waals surface area contributed by atoms with Crippen molar-refractivity contribution in [2.45, 2.75) is 13.3 Å². The molecule has 1 rings (SSSR count). The third-order valence-corrected chi connectivity index (χ3v) is 2.94. The van der Waals surface area contributed by atoms with Crippen molar-refractivity contribution < 1.29 is 19.7 Å². The van der Waals surface area contributed by atoms with Crippen molar-refractivity contribution in [3.05, 3.63) is 35.9 Å². The number of hydrogen-bond donors (Lipinski definition) is 2. The number of aliphatic hydroxyl groups excluding tert-OH is 2. The number of carbonyl (C=O) groups excluding carboxylic acids is 1. The molecule has 2 N–H and O–H groups in total. The molecule has 1 aromatic carbocycles. The topological polar surface area (TPSA) is 66.8 Å². The summed E-state index contributed by atoms with van der Waals surface area (Å²) >= 11 is 0. The van der Waals surface area contributed by atoms with Crippen LogP contribution in [0.15, 0.2) is 30.3 Å². The summed E-state index contributed by atoms with van der Waals surface area (Å²) in [6.45, 7) is 1.44. The molecule has 0 heterocycles. The summed E-state index contributed by atoms with van der Waals surface area (Å²) in [6.07, 6.45) is 0.544. The van der Waals surface area contributed by atoms with Crippen LogP contribution in [0.4, 0.5) is 0 Å². The first-order valence-electron chi connectivity index (χ1n) is 5.61. The molecule has 1 aromatic rings. The van der Waals surface area contributed by atoms with Crippen LogP contribution in [0.25, 0.3) is 0 Å². The molecule has 0 amide bonds. The van der Waals surface area contributed by atoms with E-state index in [1.807, 2.05) is 13.0 Å². The summed E-state index contributed by atoms with van der Waals surface area (Å²) < 4.78 is 5.11. The normalized spacial score (nSPS) is 11.2. The number of benzene rings is 1. The van der Waals surface area contributed by atoms with Crippen LogP contribution in [-0.2, 0) is 4.74 Å². The fourth-order valence-corrected chi connectivity index (χ4v) is 1.34. The molecule has 0 spiro atoms. The van der Waals surface area contributed by atoms with Crippen LogP contribution < -0.4 is 0 Å². The highest BCUT2D eigenvalue weighted by atomic mass is 16.5. The van der Waals surface area contributed by atoms with Crippen LogP contribution in [0.3, 0.4) is 0 Å². The average Bonchev–Trinajstić information content (AvgIpc) is 2.41. The minimum Gasteiger partial charge on any atom is -0.461 e. The Morgan fingerprint density at radius 2 is 1.82 bits per heavy atom. The van der Waals surface area contributed by atoms with Gasteiger partial charge in [0, 0.05) is 0 Å². The molecule has 0 radical (unpaired) electrons. The van der Waals surface area contributed by atoms with Crippen LogP contribution in [-0.4, -0.2) is 36.0 Å². The fraction of sp³-hybridized carbons (Fsp3) is 0.462. The molecule has 4 heteroatoms. The molecule has 0 bridgehead atoms. The predicted octanol–water partition coefficient (Wildman–Crippen LogP) is 1.22. The van der Waals surface area contributed by atoms with Crippen LogP contribution in [0.2, 0.25) is 0 Å². The molecule has 0 unspecified atom stereocenters. The van der Waals surface area contributed by atoms with E-state index in [0.29, 0.717) is 12.0 Å². The molecule has 0 aliphatic carbocycles. The second-order valence-corrected chi connectivity index (χ2v) is 4.11. The maximum absolute atomic E-state index is 11.7. The van der Waals surface area contributed by atoms with E-state index in [2.05, 4.69) is 0 Å². The van der Waals surface area contributed by atoms with E-state index in [-0.39, 0.29) is 19.8 Å². The van der Waals surface area contributed by atoms with Gasteiger partial charge in [0.15, 0.2) is 0 Å². The summed E-state index contributed by atoms with van der Waals surface area (Å²) in [5, 5.41) is 18.4. The van der Waals surface area contributed by atoms with Crippen LogP contribution >= 0.6 is 0 Å². The lowest BCUT2D eigenvalue weighted by Crippen LogP contribution is -2.35. The van der Waals surface area contributed by atoms with Gasteiger partial charge < -0.3 is 14.9 Å². The van der Waals surface area contributed by atoms with Crippen molar-refractivity contribution in [2.75, 3.05) is 19.8 Å². The van der Waals surface area contributed by atoms with Gasteiger partial charge in [0.2, 0.25) is 0 Å². The molecular formula is C13H18O4. The minimum atomic E-state index is -0.746. The molecule has 0 fully saturated rings. The van der Waals surface area contributed by atoms with Gasteiger partial charge in [0.25, 0.3) is 0 Å². The Bertz CT molecular complexity index is 335. The zero-order chi connectivity index (χ0) is 12.7. The average molecular weight is 238 g/mol. The summed E-state index contributed by atoms with van der Waals surface area (Å²) in [7, 11) is 0. The first-order valence-corrected chi connectivity index (χ1v) is 5.61. The largest absolute Gasteiger partial charge is 0.461 e. The van der Waals surface area contributed by atoms with Crippen LogP contribution in [0.1, 0.15) is 23.7 Å². The molecule has 0 atom stereocenters. The number of ether oxygens (including phenoxy) is 1. The van der Waals surface area contributed by atoms with E-state index in [0.717, 1.165) is 0 Å². The molecule has 94 valence electrons. The summed E-state index contributed by atoms with van der Waals surface area (Å²) in [6, 6.07) is 8.64. The third kappa shape index (κ3) is 3.54. The number of esters is 1. The molecule has 0 aliphatic rings. The second kappa shape index (κ2) is 6.37. The number of hydrogen-bond acceptors (Lipinski definition) is 4.